The van der Waals surface area contributed by atoms with Gasteiger partial charge in [-0.25, -0.2) is 9.65 Å². The smallest absolute Gasteiger partial charge is 0.413 e. The fraction of sp³-hybridized carbons (Fsp3) is 0.357. The van der Waals surface area contributed by atoms with E-state index in [1.807, 2.05) is 0 Å². The first-order valence-electron chi connectivity index (χ1n) is 6.27. The molecule has 21 heavy (non-hydrogen) atoms. The van der Waals surface area contributed by atoms with Gasteiger partial charge in [0.15, 0.2) is 0 Å². The fourth-order valence-electron chi connectivity index (χ4n) is 1.40. The second kappa shape index (κ2) is 9.32. The van der Waals surface area contributed by atoms with Crippen LogP contribution >= 0.6 is 7.75 Å². The summed E-state index contributed by atoms with van der Waals surface area (Å²) in [6, 6.07) is 8.53. The van der Waals surface area contributed by atoms with Crippen LogP contribution in [0.25, 0.3) is 0 Å². The quantitative estimate of drug-likeness (QED) is 0.405. The molecule has 2 atom stereocenters. The van der Waals surface area contributed by atoms with Crippen molar-refractivity contribution in [2.45, 2.75) is 12.5 Å². The van der Waals surface area contributed by atoms with Gasteiger partial charge in [0.25, 0.3) is 0 Å². The predicted molar refractivity (Wildman–Crippen MR) is 78.9 cm³/mol. The topological polar surface area (TPSA) is 73.9 Å². The van der Waals surface area contributed by atoms with Crippen molar-refractivity contribution < 1.29 is 23.1 Å². The maximum atomic E-state index is 12.5. The van der Waals surface area contributed by atoms with Crippen LogP contribution in [0.15, 0.2) is 30.3 Å². The Morgan fingerprint density at radius 3 is 2.71 bits per heavy atom. The van der Waals surface area contributed by atoms with Crippen molar-refractivity contribution in [2.75, 3.05) is 20.3 Å². The molecule has 0 aromatic heterocycles. The van der Waals surface area contributed by atoms with Gasteiger partial charge in [0.05, 0.1) is 19.3 Å². The third-order valence-corrected chi connectivity index (χ3v) is 3.96. The Labute approximate surface area is 124 Å². The van der Waals surface area contributed by atoms with Crippen LogP contribution in [0, 0.1) is 12.3 Å². The van der Waals surface area contributed by atoms with Crippen molar-refractivity contribution in [3.05, 3.63) is 30.3 Å². The Morgan fingerprint density at radius 2 is 2.14 bits per heavy atom. The molecule has 6 nitrogen and oxygen atoms in total. The molecule has 114 valence electrons. The van der Waals surface area contributed by atoms with Gasteiger partial charge >= 0.3 is 7.75 Å². The second-order valence-corrected chi connectivity index (χ2v) is 5.74. The monoisotopic (exact) mass is 311 g/mol. The van der Waals surface area contributed by atoms with Gasteiger partial charge in [-0.3, -0.25) is 4.52 Å². The molecule has 1 N–H and O–H groups in total. The summed E-state index contributed by atoms with van der Waals surface area (Å²) in [6.45, 7) is -0.173. The minimum absolute atomic E-state index is 0.0172. The summed E-state index contributed by atoms with van der Waals surface area (Å²) in [6.07, 6.45) is 5.68. The third kappa shape index (κ3) is 6.56. The molecule has 0 aliphatic rings. The van der Waals surface area contributed by atoms with Crippen LogP contribution in [0.1, 0.15) is 6.42 Å². The first kappa shape index (κ1) is 17.4. The van der Waals surface area contributed by atoms with Gasteiger partial charge in [-0.2, -0.15) is 0 Å². The number of aldehydes is 1. The highest BCUT2D eigenvalue weighted by Crippen LogP contribution is 2.44. The normalized spacial score (nSPS) is 14.7. The van der Waals surface area contributed by atoms with E-state index in [0.717, 1.165) is 0 Å². The minimum Gasteiger partial charge on any atom is -0.413 e. The molecule has 0 spiro atoms. The van der Waals surface area contributed by atoms with E-state index in [2.05, 4.69) is 11.0 Å². The van der Waals surface area contributed by atoms with Gasteiger partial charge in [-0.05, 0) is 12.1 Å². The van der Waals surface area contributed by atoms with Crippen LogP contribution in [0.4, 0.5) is 0 Å². The zero-order valence-electron chi connectivity index (χ0n) is 11.7. The van der Waals surface area contributed by atoms with Gasteiger partial charge < -0.3 is 14.1 Å². The molecule has 0 radical (unpaired) electrons. The molecule has 2 unspecified atom stereocenters. The molecule has 0 fully saturated rings. The van der Waals surface area contributed by atoms with E-state index in [-0.39, 0.29) is 13.2 Å². The molecule has 0 amide bonds. The van der Waals surface area contributed by atoms with E-state index < -0.39 is 13.9 Å². The van der Waals surface area contributed by atoms with Crippen LogP contribution in [0.2, 0.25) is 0 Å². The fourth-order valence-corrected chi connectivity index (χ4v) is 2.66. The number of methoxy groups -OCH3 is 1. The van der Waals surface area contributed by atoms with Gasteiger partial charge in [-0.1, -0.05) is 18.2 Å². The number of carbonyl (C=O) groups excluding carboxylic acids is 1. The molecule has 7 heteroatoms. The number of nitrogens with one attached hydrogen (secondary N) is 1. The molecule has 0 saturated carbocycles. The second-order valence-electron chi connectivity index (χ2n) is 3.99. The number of hydrogen-bond acceptors (Lipinski definition) is 5. The number of ether oxygens (including phenoxy) is 1. The maximum Gasteiger partial charge on any atom is 0.459 e. The predicted octanol–water partition coefficient (Wildman–Crippen LogP) is 2.02. The molecule has 1 aromatic carbocycles. The van der Waals surface area contributed by atoms with Crippen molar-refractivity contribution in [3.63, 3.8) is 0 Å². The van der Waals surface area contributed by atoms with Gasteiger partial charge in [-0.15, -0.1) is 12.3 Å². The number of terminal acetylenes is 1. The number of carbonyl (C=O) groups is 1. The van der Waals surface area contributed by atoms with E-state index in [1.54, 1.807) is 30.3 Å². The van der Waals surface area contributed by atoms with Crippen molar-refractivity contribution in [3.8, 4) is 18.1 Å². The molecule has 0 aliphatic carbocycles. The van der Waals surface area contributed by atoms with E-state index in [4.69, 9.17) is 20.2 Å². The molecule has 0 aliphatic heterocycles. The molecular weight excluding hydrogens is 293 g/mol. The van der Waals surface area contributed by atoms with Crippen molar-refractivity contribution in [1.82, 2.24) is 5.09 Å². The Bertz CT molecular complexity index is 514. The lowest BCUT2D eigenvalue weighted by Crippen LogP contribution is -2.23. The lowest BCUT2D eigenvalue weighted by Gasteiger charge is -2.21. The number of hydrogen-bond donors (Lipinski definition) is 1. The summed E-state index contributed by atoms with van der Waals surface area (Å²) in [4.78, 5) is 10.5. The molecule has 0 heterocycles. The largest absolute Gasteiger partial charge is 0.459 e. The number of benzene rings is 1. The zero-order chi connectivity index (χ0) is 15.6. The molecular formula is C14H18NO5P. The molecule has 1 aromatic rings. The van der Waals surface area contributed by atoms with Crippen LogP contribution in [0.3, 0.4) is 0 Å². The van der Waals surface area contributed by atoms with E-state index in [9.17, 15) is 9.36 Å². The van der Waals surface area contributed by atoms with Gasteiger partial charge in [0.1, 0.15) is 12.0 Å². The average molecular weight is 311 g/mol. The summed E-state index contributed by atoms with van der Waals surface area (Å²) in [5.74, 6) is 2.80. The summed E-state index contributed by atoms with van der Waals surface area (Å²) < 4.78 is 28.3. The van der Waals surface area contributed by atoms with Crippen LogP contribution < -0.4 is 9.61 Å². The molecule has 1 rings (SSSR count). The summed E-state index contributed by atoms with van der Waals surface area (Å²) in [5, 5.41) is 2.45. The molecule has 0 bridgehead atoms. The number of rotatable bonds is 10. The third-order valence-electron chi connectivity index (χ3n) is 2.45. The van der Waals surface area contributed by atoms with E-state index in [0.29, 0.717) is 18.5 Å². The first-order valence-corrected chi connectivity index (χ1v) is 7.82. The van der Waals surface area contributed by atoms with Crippen LogP contribution in [-0.4, -0.2) is 32.7 Å². The highest BCUT2D eigenvalue weighted by molar-refractivity contribution is 7.52. The van der Waals surface area contributed by atoms with Crippen molar-refractivity contribution >= 4 is 14.0 Å². The van der Waals surface area contributed by atoms with Crippen LogP contribution in [0.5, 0.6) is 5.75 Å². The number of para-hydroxylation sites is 1. The lowest BCUT2D eigenvalue weighted by atomic mass is 10.3. The highest BCUT2D eigenvalue weighted by atomic mass is 31.2. The van der Waals surface area contributed by atoms with E-state index >= 15 is 0 Å². The Morgan fingerprint density at radius 1 is 1.43 bits per heavy atom. The maximum absolute atomic E-state index is 12.5. The zero-order valence-corrected chi connectivity index (χ0v) is 12.6. The first-order chi connectivity index (χ1) is 10.1. The Balaban J connectivity index is 2.71. The summed E-state index contributed by atoms with van der Waals surface area (Å²) in [5.41, 5.74) is 0. The Kier molecular flexibility index (Phi) is 7.73. The van der Waals surface area contributed by atoms with Crippen LogP contribution in [-0.2, 0) is 18.6 Å². The summed E-state index contributed by atoms with van der Waals surface area (Å²) in [7, 11) is -2.20. The minimum atomic E-state index is -3.68. The van der Waals surface area contributed by atoms with Crippen molar-refractivity contribution in [2.24, 2.45) is 0 Å². The SMILES string of the molecule is C#CCC(COP(=O)(NCC=O)Oc1ccccc1)OC. The Hall–Kier alpha value is -1.64. The average Bonchev–Trinajstić information content (AvgIpc) is 2.50. The molecule has 0 saturated heterocycles. The summed E-state index contributed by atoms with van der Waals surface area (Å²) >= 11 is 0. The van der Waals surface area contributed by atoms with Crippen molar-refractivity contribution in [1.29, 1.82) is 0 Å². The van der Waals surface area contributed by atoms with Gasteiger partial charge in [0.2, 0.25) is 0 Å². The standard InChI is InChI=1S/C14H18NO5P/c1-3-7-14(18-2)12-19-21(17,15-10-11-16)20-13-8-5-4-6-9-13/h1,4-6,8-9,11,14H,7,10,12H2,2H3,(H,15,17). The highest BCUT2D eigenvalue weighted by Gasteiger charge is 2.27. The lowest BCUT2D eigenvalue weighted by molar-refractivity contribution is -0.107. The van der Waals surface area contributed by atoms with E-state index in [1.165, 1.54) is 7.11 Å². The van der Waals surface area contributed by atoms with Gasteiger partial charge in [0, 0.05) is 13.5 Å².